The smallest absolute Gasteiger partial charge is 0.333 e. The summed E-state index contributed by atoms with van der Waals surface area (Å²) in [4.78, 5) is 36.4. The summed E-state index contributed by atoms with van der Waals surface area (Å²) in [6, 6.07) is -2.53. The molecule has 2 saturated heterocycles. The van der Waals surface area contributed by atoms with Crippen molar-refractivity contribution in [3.63, 3.8) is 0 Å². The summed E-state index contributed by atoms with van der Waals surface area (Å²) >= 11 is 0. The quantitative estimate of drug-likeness (QED) is 0.386. The van der Waals surface area contributed by atoms with Crippen LogP contribution in [0.15, 0.2) is 0 Å². The zero-order valence-electron chi connectivity index (χ0n) is 13.5. The maximum absolute atomic E-state index is 12.5. The molecule has 2 N–H and O–H groups in total. The number of carbonyl (C=O) groups excluding carboxylic acids is 3. The van der Waals surface area contributed by atoms with Crippen molar-refractivity contribution >= 4 is 27.7 Å². The van der Waals surface area contributed by atoms with E-state index in [-0.39, 0.29) is 0 Å². The Morgan fingerprint density at radius 3 is 2.26 bits per heavy atom. The van der Waals surface area contributed by atoms with Gasteiger partial charge in [-0.15, -0.1) is 0 Å². The summed E-state index contributed by atoms with van der Waals surface area (Å²) in [6.45, 7) is 6.50. The predicted molar refractivity (Wildman–Crippen MR) is 77.3 cm³/mol. The van der Waals surface area contributed by atoms with Crippen LogP contribution in [0.1, 0.15) is 34.6 Å². The standard InChI is InChI=1S/C13H20N2O7S/c1-6(16)21-13(4,5)22-11(18)8-12(2,3)23(19,20)10-7(14)9(17)15(8)10/h7-8,10H,14H2,1-5H3/t7-,8+,10-/m1/s1. The Balaban J connectivity index is 2.33. The van der Waals surface area contributed by atoms with Gasteiger partial charge in [0, 0.05) is 20.8 Å². The molecule has 2 rings (SSSR count). The van der Waals surface area contributed by atoms with E-state index in [1.54, 1.807) is 0 Å². The van der Waals surface area contributed by atoms with Crippen LogP contribution >= 0.6 is 0 Å². The number of hydrogen-bond acceptors (Lipinski definition) is 8. The lowest BCUT2D eigenvalue weighted by atomic mass is 9.96. The molecule has 0 radical (unpaired) electrons. The van der Waals surface area contributed by atoms with E-state index in [9.17, 15) is 22.8 Å². The average Bonchev–Trinajstić information content (AvgIpc) is 2.48. The molecular weight excluding hydrogens is 328 g/mol. The highest BCUT2D eigenvalue weighted by Crippen LogP contribution is 2.45. The van der Waals surface area contributed by atoms with Gasteiger partial charge in [-0.3, -0.25) is 9.59 Å². The number of rotatable bonds is 3. The Morgan fingerprint density at radius 2 is 1.78 bits per heavy atom. The van der Waals surface area contributed by atoms with E-state index in [1.165, 1.54) is 27.7 Å². The van der Waals surface area contributed by atoms with Crippen molar-refractivity contribution in [2.75, 3.05) is 0 Å². The number of esters is 2. The van der Waals surface area contributed by atoms with Gasteiger partial charge in [0.1, 0.15) is 16.8 Å². The summed E-state index contributed by atoms with van der Waals surface area (Å²) in [7, 11) is -3.85. The Bertz CT molecular complexity index is 682. The summed E-state index contributed by atoms with van der Waals surface area (Å²) in [5.41, 5.74) is 5.57. The lowest BCUT2D eigenvalue weighted by Crippen LogP contribution is -2.70. The molecule has 0 bridgehead atoms. The molecule has 0 aromatic rings. The zero-order valence-corrected chi connectivity index (χ0v) is 14.3. The SMILES string of the molecule is CC(=O)OC(C)(C)OC(=O)[C@@H]1N2C(=O)[C@@H](N)[C@H]2S(=O)(=O)C1(C)C. The van der Waals surface area contributed by atoms with Crippen molar-refractivity contribution in [3.8, 4) is 0 Å². The number of fused-ring (bicyclic) bond motifs is 1. The number of amides is 1. The minimum absolute atomic E-state index is 0.628. The fourth-order valence-electron chi connectivity index (χ4n) is 2.99. The largest absolute Gasteiger partial charge is 0.423 e. The molecule has 0 spiro atoms. The van der Waals surface area contributed by atoms with E-state index in [1.807, 2.05) is 0 Å². The Labute approximate surface area is 134 Å². The molecule has 10 heteroatoms. The van der Waals surface area contributed by atoms with Crippen molar-refractivity contribution in [2.45, 2.75) is 62.6 Å². The number of β-lactam (4-membered cyclic amide) rings is 1. The predicted octanol–water partition coefficient (Wildman–Crippen LogP) is -1.10. The highest BCUT2D eigenvalue weighted by molar-refractivity contribution is 7.94. The molecule has 1 amide bonds. The molecule has 130 valence electrons. The van der Waals surface area contributed by atoms with Gasteiger partial charge in [-0.1, -0.05) is 0 Å². The molecule has 2 fully saturated rings. The van der Waals surface area contributed by atoms with Crippen LogP contribution in [-0.2, 0) is 33.7 Å². The molecule has 0 aromatic heterocycles. The van der Waals surface area contributed by atoms with Gasteiger partial charge in [0.05, 0.1) is 0 Å². The Hall–Kier alpha value is -1.68. The molecule has 3 atom stereocenters. The fourth-order valence-corrected chi connectivity index (χ4v) is 5.16. The van der Waals surface area contributed by atoms with Gasteiger partial charge in [0.15, 0.2) is 15.2 Å². The van der Waals surface area contributed by atoms with Crippen molar-refractivity contribution in [2.24, 2.45) is 5.73 Å². The minimum atomic E-state index is -3.85. The first-order valence-electron chi connectivity index (χ1n) is 6.97. The molecule has 2 aliphatic heterocycles. The molecule has 0 unspecified atom stereocenters. The van der Waals surface area contributed by atoms with Crippen LogP contribution in [0.25, 0.3) is 0 Å². The highest BCUT2D eigenvalue weighted by atomic mass is 32.2. The summed E-state index contributed by atoms with van der Waals surface area (Å²) in [5, 5.41) is -1.24. The van der Waals surface area contributed by atoms with Crippen LogP contribution < -0.4 is 5.73 Å². The van der Waals surface area contributed by atoms with E-state index in [0.717, 1.165) is 11.8 Å². The van der Waals surface area contributed by atoms with Gasteiger partial charge < -0.3 is 20.1 Å². The summed E-state index contributed by atoms with van der Waals surface area (Å²) in [6.07, 6.45) is 0. The number of carbonyl (C=O) groups is 3. The fraction of sp³-hybridized carbons (Fsp3) is 0.769. The van der Waals surface area contributed by atoms with E-state index in [4.69, 9.17) is 15.2 Å². The summed E-state index contributed by atoms with van der Waals surface area (Å²) < 4.78 is 33.5. The lowest BCUT2D eigenvalue weighted by Gasteiger charge is -2.41. The van der Waals surface area contributed by atoms with Gasteiger partial charge in [0.25, 0.3) is 5.79 Å². The van der Waals surface area contributed by atoms with Gasteiger partial charge in [-0.25, -0.2) is 13.2 Å². The van der Waals surface area contributed by atoms with Gasteiger partial charge >= 0.3 is 11.9 Å². The van der Waals surface area contributed by atoms with Gasteiger partial charge in [-0.2, -0.15) is 0 Å². The topological polar surface area (TPSA) is 133 Å². The zero-order chi connectivity index (χ0) is 18.0. The van der Waals surface area contributed by atoms with Crippen LogP contribution in [0.3, 0.4) is 0 Å². The van der Waals surface area contributed by atoms with E-state index >= 15 is 0 Å². The second kappa shape index (κ2) is 4.91. The normalized spacial score (nSPS) is 31.1. The number of nitrogens with two attached hydrogens (primary N) is 1. The second-order valence-electron chi connectivity index (χ2n) is 6.63. The first-order chi connectivity index (χ1) is 10.2. The van der Waals surface area contributed by atoms with E-state index < -0.39 is 55.7 Å². The third kappa shape index (κ3) is 2.40. The molecule has 0 aliphatic carbocycles. The van der Waals surface area contributed by atoms with Gasteiger partial charge in [-0.05, 0) is 13.8 Å². The van der Waals surface area contributed by atoms with E-state index in [2.05, 4.69) is 0 Å². The second-order valence-corrected chi connectivity index (χ2v) is 9.25. The Morgan fingerprint density at radius 1 is 1.26 bits per heavy atom. The average molecular weight is 348 g/mol. The highest BCUT2D eigenvalue weighted by Gasteiger charge is 2.71. The van der Waals surface area contributed by atoms with Crippen LogP contribution in [0.5, 0.6) is 0 Å². The van der Waals surface area contributed by atoms with Crippen LogP contribution in [0, 0.1) is 0 Å². The molecule has 2 heterocycles. The third-order valence-corrected chi connectivity index (χ3v) is 6.91. The monoisotopic (exact) mass is 348 g/mol. The molecule has 2 aliphatic rings. The molecule has 9 nitrogen and oxygen atoms in total. The lowest BCUT2D eigenvalue weighted by molar-refractivity contribution is -0.219. The van der Waals surface area contributed by atoms with Crippen molar-refractivity contribution in [1.29, 1.82) is 0 Å². The van der Waals surface area contributed by atoms with Gasteiger partial charge in [0.2, 0.25) is 5.91 Å². The van der Waals surface area contributed by atoms with Crippen LogP contribution in [-0.4, -0.2) is 59.2 Å². The number of sulfone groups is 1. The van der Waals surface area contributed by atoms with Crippen molar-refractivity contribution in [3.05, 3.63) is 0 Å². The molecule has 0 saturated carbocycles. The first-order valence-corrected chi connectivity index (χ1v) is 8.52. The number of ether oxygens (including phenoxy) is 2. The van der Waals surface area contributed by atoms with Crippen molar-refractivity contribution < 1.29 is 32.3 Å². The minimum Gasteiger partial charge on any atom is -0.423 e. The summed E-state index contributed by atoms with van der Waals surface area (Å²) in [5.74, 6) is -3.85. The Kier molecular flexibility index (Phi) is 3.77. The molecular formula is C13H20N2O7S. The maximum atomic E-state index is 12.5. The first kappa shape index (κ1) is 17.7. The maximum Gasteiger partial charge on any atom is 0.333 e. The van der Waals surface area contributed by atoms with Crippen LogP contribution in [0.4, 0.5) is 0 Å². The molecule has 0 aromatic carbocycles. The molecule has 23 heavy (non-hydrogen) atoms. The van der Waals surface area contributed by atoms with Crippen molar-refractivity contribution in [1.82, 2.24) is 4.90 Å². The van der Waals surface area contributed by atoms with Crippen LogP contribution in [0.2, 0.25) is 0 Å². The number of hydrogen-bond donors (Lipinski definition) is 1. The third-order valence-electron chi connectivity index (χ3n) is 4.07. The van der Waals surface area contributed by atoms with E-state index in [0.29, 0.717) is 0 Å². The number of nitrogens with zero attached hydrogens (tertiary/aromatic N) is 1.